The Kier molecular flexibility index (Phi) is 2.52. The SMILES string of the molecule is O=C1Nc2ccccc2CC1c1cccc(O)c1. The van der Waals surface area contributed by atoms with E-state index in [4.69, 9.17) is 0 Å². The highest BCUT2D eigenvalue weighted by Gasteiger charge is 2.27. The Morgan fingerprint density at radius 2 is 1.94 bits per heavy atom. The van der Waals surface area contributed by atoms with Gasteiger partial charge in [-0.2, -0.15) is 0 Å². The zero-order valence-corrected chi connectivity index (χ0v) is 9.76. The van der Waals surface area contributed by atoms with Gasteiger partial charge in [0.2, 0.25) is 5.91 Å². The fourth-order valence-electron chi connectivity index (χ4n) is 2.36. The van der Waals surface area contributed by atoms with Crippen molar-refractivity contribution in [2.45, 2.75) is 12.3 Å². The zero-order chi connectivity index (χ0) is 12.5. The van der Waals surface area contributed by atoms with Gasteiger partial charge >= 0.3 is 0 Å². The first kappa shape index (κ1) is 10.8. The summed E-state index contributed by atoms with van der Waals surface area (Å²) in [6, 6.07) is 14.7. The third-order valence-corrected chi connectivity index (χ3v) is 3.29. The first-order chi connectivity index (χ1) is 8.74. The van der Waals surface area contributed by atoms with Gasteiger partial charge in [-0.15, -0.1) is 0 Å². The number of phenolic OH excluding ortho intramolecular Hbond substituents is 1. The van der Waals surface area contributed by atoms with E-state index in [2.05, 4.69) is 5.32 Å². The number of anilines is 1. The monoisotopic (exact) mass is 239 g/mol. The number of para-hydroxylation sites is 1. The summed E-state index contributed by atoms with van der Waals surface area (Å²) >= 11 is 0. The highest BCUT2D eigenvalue weighted by molar-refractivity contribution is 5.98. The summed E-state index contributed by atoms with van der Waals surface area (Å²) in [5.41, 5.74) is 2.87. The van der Waals surface area contributed by atoms with Crippen LogP contribution in [0.25, 0.3) is 0 Å². The molecule has 2 aromatic carbocycles. The van der Waals surface area contributed by atoms with Gasteiger partial charge in [-0.1, -0.05) is 30.3 Å². The van der Waals surface area contributed by atoms with Gasteiger partial charge in [0.1, 0.15) is 5.75 Å². The highest BCUT2D eigenvalue weighted by atomic mass is 16.3. The molecule has 1 amide bonds. The number of carbonyl (C=O) groups excluding carboxylic acids is 1. The van der Waals surface area contributed by atoms with Crippen molar-refractivity contribution in [2.24, 2.45) is 0 Å². The predicted octanol–water partition coefficient (Wildman–Crippen LogP) is 2.67. The molecule has 1 unspecified atom stereocenters. The molecule has 0 aromatic heterocycles. The van der Waals surface area contributed by atoms with E-state index in [0.29, 0.717) is 6.42 Å². The lowest BCUT2D eigenvalue weighted by Gasteiger charge is -2.24. The van der Waals surface area contributed by atoms with E-state index in [0.717, 1.165) is 16.8 Å². The van der Waals surface area contributed by atoms with Crippen molar-refractivity contribution in [2.75, 3.05) is 5.32 Å². The van der Waals surface area contributed by atoms with Crippen molar-refractivity contribution < 1.29 is 9.90 Å². The van der Waals surface area contributed by atoms with Crippen LogP contribution in [-0.2, 0) is 11.2 Å². The summed E-state index contributed by atoms with van der Waals surface area (Å²) in [6.45, 7) is 0. The minimum absolute atomic E-state index is 0.0145. The minimum atomic E-state index is -0.230. The van der Waals surface area contributed by atoms with Gasteiger partial charge in [0, 0.05) is 5.69 Å². The lowest BCUT2D eigenvalue weighted by Crippen LogP contribution is -2.28. The maximum absolute atomic E-state index is 12.1. The number of benzene rings is 2. The number of rotatable bonds is 1. The Bertz CT molecular complexity index is 607. The number of phenols is 1. The first-order valence-corrected chi connectivity index (χ1v) is 5.92. The number of amides is 1. The van der Waals surface area contributed by atoms with Crippen LogP contribution in [-0.4, -0.2) is 11.0 Å². The van der Waals surface area contributed by atoms with E-state index < -0.39 is 0 Å². The fraction of sp³-hybridized carbons (Fsp3) is 0.133. The van der Waals surface area contributed by atoms with Crippen LogP contribution in [0.5, 0.6) is 5.75 Å². The first-order valence-electron chi connectivity index (χ1n) is 5.92. The topological polar surface area (TPSA) is 49.3 Å². The Morgan fingerprint density at radius 3 is 2.78 bits per heavy atom. The van der Waals surface area contributed by atoms with Crippen molar-refractivity contribution >= 4 is 11.6 Å². The van der Waals surface area contributed by atoms with E-state index in [9.17, 15) is 9.90 Å². The summed E-state index contributed by atoms with van der Waals surface area (Å²) in [6.07, 6.45) is 0.672. The average molecular weight is 239 g/mol. The molecule has 0 radical (unpaired) electrons. The molecule has 2 aromatic rings. The molecule has 0 spiro atoms. The zero-order valence-electron chi connectivity index (χ0n) is 9.76. The Hall–Kier alpha value is -2.29. The number of nitrogens with one attached hydrogen (secondary N) is 1. The van der Waals surface area contributed by atoms with Gasteiger partial charge in [-0.05, 0) is 35.7 Å². The highest BCUT2D eigenvalue weighted by Crippen LogP contribution is 2.32. The number of carbonyl (C=O) groups is 1. The maximum Gasteiger partial charge on any atom is 0.232 e. The summed E-state index contributed by atoms with van der Waals surface area (Å²) in [4.78, 5) is 12.1. The van der Waals surface area contributed by atoms with Crippen LogP contribution in [0.4, 0.5) is 5.69 Å². The molecule has 1 aliphatic heterocycles. The van der Waals surface area contributed by atoms with E-state index in [1.54, 1.807) is 18.2 Å². The standard InChI is InChI=1S/C15H13NO2/c17-12-6-3-5-10(8-12)13-9-11-4-1-2-7-14(11)16-15(13)18/h1-8,13,17H,9H2,(H,16,18). The normalized spacial score (nSPS) is 18.0. The second-order valence-electron chi connectivity index (χ2n) is 4.50. The van der Waals surface area contributed by atoms with Crippen molar-refractivity contribution in [3.05, 3.63) is 59.7 Å². The van der Waals surface area contributed by atoms with Crippen molar-refractivity contribution in [3.63, 3.8) is 0 Å². The van der Waals surface area contributed by atoms with Crippen LogP contribution in [0.2, 0.25) is 0 Å². The van der Waals surface area contributed by atoms with E-state index >= 15 is 0 Å². The van der Waals surface area contributed by atoms with Crippen LogP contribution >= 0.6 is 0 Å². The van der Waals surface area contributed by atoms with Crippen LogP contribution in [0, 0.1) is 0 Å². The predicted molar refractivity (Wildman–Crippen MR) is 69.6 cm³/mol. The van der Waals surface area contributed by atoms with E-state index in [1.807, 2.05) is 30.3 Å². The molecule has 1 aliphatic rings. The second-order valence-corrected chi connectivity index (χ2v) is 4.50. The van der Waals surface area contributed by atoms with Gasteiger partial charge in [-0.25, -0.2) is 0 Å². The van der Waals surface area contributed by atoms with Crippen LogP contribution in [0.1, 0.15) is 17.0 Å². The molecule has 0 aliphatic carbocycles. The Morgan fingerprint density at radius 1 is 1.11 bits per heavy atom. The Balaban J connectivity index is 1.98. The summed E-state index contributed by atoms with van der Waals surface area (Å²) in [5.74, 6) is -0.0505. The van der Waals surface area contributed by atoms with Crippen molar-refractivity contribution in [1.29, 1.82) is 0 Å². The average Bonchev–Trinajstić information content (AvgIpc) is 2.38. The van der Waals surface area contributed by atoms with Crippen LogP contribution in [0.15, 0.2) is 48.5 Å². The molecule has 0 bridgehead atoms. The van der Waals surface area contributed by atoms with Crippen LogP contribution in [0.3, 0.4) is 0 Å². The van der Waals surface area contributed by atoms with Gasteiger partial charge in [0.15, 0.2) is 0 Å². The van der Waals surface area contributed by atoms with Gasteiger partial charge in [0.05, 0.1) is 5.92 Å². The lowest BCUT2D eigenvalue weighted by atomic mass is 9.87. The molecule has 0 fully saturated rings. The summed E-state index contributed by atoms with van der Waals surface area (Å²) in [7, 11) is 0. The van der Waals surface area contributed by atoms with E-state index in [-0.39, 0.29) is 17.6 Å². The van der Waals surface area contributed by atoms with Gasteiger partial charge < -0.3 is 10.4 Å². The lowest BCUT2D eigenvalue weighted by molar-refractivity contribution is -0.117. The molecule has 90 valence electrons. The van der Waals surface area contributed by atoms with Crippen LogP contribution < -0.4 is 5.32 Å². The smallest absolute Gasteiger partial charge is 0.232 e. The molecule has 0 saturated heterocycles. The molecule has 18 heavy (non-hydrogen) atoms. The molecule has 3 heteroatoms. The number of aromatic hydroxyl groups is 1. The molecule has 1 atom stereocenters. The molecular weight excluding hydrogens is 226 g/mol. The largest absolute Gasteiger partial charge is 0.508 e. The quantitative estimate of drug-likeness (QED) is 0.803. The third-order valence-electron chi connectivity index (χ3n) is 3.29. The Labute approximate surface area is 105 Å². The summed E-state index contributed by atoms with van der Waals surface area (Å²) < 4.78 is 0. The molecule has 3 rings (SSSR count). The summed E-state index contributed by atoms with van der Waals surface area (Å²) in [5, 5.41) is 12.4. The molecule has 2 N–H and O–H groups in total. The number of fused-ring (bicyclic) bond motifs is 1. The van der Waals surface area contributed by atoms with Crippen molar-refractivity contribution in [3.8, 4) is 5.75 Å². The minimum Gasteiger partial charge on any atom is -0.508 e. The third kappa shape index (κ3) is 1.84. The van der Waals surface area contributed by atoms with Gasteiger partial charge in [-0.3, -0.25) is 4.79 Å². The maximum atomic E-state index is 12.1. The molecular formula is C15H13NO2. The molecule has 3 nitrogen and oxygen atoms in total. The number of hydrogen-bond donors (Lipinski definition) is 2. The molecule has 1 heterocycles. The van der Waals surface area contributed by atoms with Crippen molar-refractivity contribution in [1.82, 2.24) is 0 Å². The number of hydrogen-bond acceptors (Lipinski definition) is 2. The fourth-order valence-corrected chi connectivity index (χ4v) is 2.36. The van der Waals surface area contributed by atoms with E-state index in [1.165, 1.54) is 0 Å². The second kappa shape index (κ2) is 4.18. The van der Waals surface area contributed by atoms with Gasteiger partial charge in [0.25, 0.3) is 0 Å². The molecule has 0 saturated carbocycles.